The molecule has 2 unspecified atom stereocenters. The Morgan fingerprint density at radius 1 is 1.26 bits per heavy atom. The van der Waals surface area contributed by atoms with Crippen molar-refractivity contribution < 1.29 is 0 Å². The van der Waals surface area contributed by atoms with E-state index >= 15 is 0 Å². The fraction of sp³-hybridized carbons (Fsp3) is 0.500. The lowest BCUT2D eigenvalue weighted by atomic mass is 9.94. The zero-order valence-corrected chi connectivity index (χ0v) is 12.3. The normalized spacial score (nSPS) is 23.8. The summed E-state index contributed by atoms with van der Waals surface area (Å²) < 4.78 is 0. The third-order valence-electron chi connectivity index (χ3n) is 4.19. The molecule has 0 aliphatic heterocycles. The van der Waals surface area contributed by atoms with Crippen molar-refractivity contribution in [3.63, 3.8) is 0 Å². The number of fused-ring (bicyclic) bond motifs is 1. The van der Waals surface area contributed by atoms with Crippen molar-refractivity contribution in [3.05, 3.63) is 36.0 Å². The van der Waals surface area contributed by atoms with Crippen LogP contribution in [0.25, 0.3) is 10.9 Å². The number of hydrogen-bond acceptors (Lipinski definition) is 2. The molecule has 1 aliphatic carbocycles. The van der Waals surface area contributed by atoms with E-state index in [-0.39, 0.29) is 0 Å². The minimum atomic E-state index is 0.686. The standard InChI is InChI=1S/C16H22N2S/c1-19-16-5-3-2-4-15(16)18-11-12-6-7-14-13(10-12)8-9-17-14/h6-10,15-18H,2-5,11H2,1H3. The van der Waals surface area contributed by atoms with Crippen LogP contribution in [0.1, 0.15) is 31.2 Å². The molecule has 1 saturated carbocycles. The summed E-state index contributed by atoms with van der Waals surface area (Å²) in [6.45, 7) is 0.989. The van der Waals surface area contributed by atoms with Crippen LogP contribution in [0.4, 0.5) is 0 Å². The molecule has 0 bridgehead atoms. The second-order valence-corrected chi connectivity index (χ2v) is 6.52. The maximum atomic E-state index is 3.76. The van der Waals surface area contributed by atoms with Gasteiger partial charge in [0.05, 0.1) is 0 Å². The minimum absolute atomic E-state index is 0.686. The monoisotopic (exact) mass is 274 g/mol. The number of benzene rings is 1. The molecule has 0 amide bonds. The van der Waals surface area contributed by atoms with Crippen molar-refractivity contribution in [1.82, 2.24) is 10.3 Å². The van der Waals surface area contributed by atoms with Gasteiger partial charge in [-0.05, 0) is 48.2 Å². The molecule has 1 aliphatic rings. The van der Waals surface area contributed by atoms with Gasteiger partial charge in [-0.2, -0.15) is 11.8 Å². The lowest BCUT2D eigenvalue weighted by molar-refractivity contribution is 0.383. The fourth-order valence-corrected chi connectivity index (χ4v) is 4.04. The summed E-state index contributed by atoms with van der Waals surface area (Å²) >= 11 is 2.03. The van der Waals surface area contributed by atoms with Gasteiger partial charge in [-0.15, -0.1) is 0 Å². The molecule has 3 rings (SSSR count). The van der Waals surface area contributed by atoms with Crippen LogP contribution < -0.4 is 5.32 Å². The molecule has 1 heterocycles. The molecule has 102 valence electrons. The molecule has 1 fully saturated rings. The molecular weight excluding hydrogens is 252 g/mol. The lowest BCUT2D eigenvalue weighted by Crippen LogP contribution is -2.39. The molecule has 2 N–H and O–H groups in total. The van der Waals surface area contributed by atoms with Crippen LogP contribution in [0.5, 0.6) is 0 Å². The summed E-state index contributed by atoms with van der Waals surface area (Å²) in [6.07, 6.45) is 9.74. The van der Waals surface area contributed by atoms with Gasteiger partial charge in [0.2, 0.25) is 0 Å². The van der Waals surface area contributed by atoms with Crippen molar-refractivity contribution in [1.29, 1.82) is 0 Å². The smallest absolute Gasteiger partial charge is 0.0454 e. The second-order valence-electron chi connectivity index (χ2n) is 5.45. The third kappa shape index (κ3) is 2.98. The summed E-state index contributed by atoms with van der Waals surface area (Å²) in [5.41, 5.74) is 2.61. The van der Waals surface area contributed by atoms with E-state index < -0.39 is 0 Å². The van der Waals surface area contributed by atoms with Gasteiger partial charge in [-0.3, -0.25) is 0 Å². The van der Waals surface area contributed by atoms with Crippen LogP contribution in [0.2, 0.25) is 0 Å². The number of aromatic amines is 1. The van der Waals surface area contributed by atoms with Crippen LogP contribution in [-0.2, 0) is 6.54 Å². The molecule has 1 aromatic carbocycles. The Labute approximate surface area is 119 Å². The fourth-order valence-electron chi connectivity index (χ4n) is 3.07. The van der Waals surface area contributed by atoms with E-state index in [9.17, 15) is 0 Å². The topological polar surface area (TPSA) is 27.8 Å². The van der Waals surface area contributed by atoms with Crippen LogP contribution >= 0.6 is 11.8 Å². The molecule has 0 saturated heterocycles. The summed E-state index contributed by atoms with van der Waals surface area (Å²) in [4.78, 5) is 3.24. The summed E-state index contributed by atoms with van der Waals surface area (Å²) in [5.74, 6) is 0. The number of rotatable bonds is 4. The predicted molar refractivity (Wildman–Crippen MR) is 84.7 cm³/mol. The molecule has 2 aromatic rings. The van der Waals surface area contributed by atoms with Crippen LogP contribution in [-0.4, -0.2) is 22.5 Å². The Morgan fingerprint density at radius 3 is 3.05 bits per heavy atom. The van der Waals surface area contributed by atoms with E-state index in [0.717, 1.165) is 11.8 Å². The molecule has 1 aromatic heterocycles. The minimum Gasteiger partial charge on any atom is -0.361 e. The van der Waals surface area contributed by atoms with Crippen molar-refractivity contribution in [3.8, 4) is 0 Å². The van der Waals surface area contributed by atoms with Gasteiger partial charge in [-0.1, -0.05) is 18.9 Å². The number of aromatic nitrogens is 1. The molecule has 3 heteroatoms. The van der Waals surface area contributed by atoms with E-state index in [4.69, 9.17) is 0 Å². The first kappa shape index (κ1) is 13.1. The zero-order chi connectivity index (χ0) is 13.1. The Kier molecular flexibility index (Phi) is 4.14. The summed E-state index contributed by atoms with van der Waals surface area (Å²) in [6, 6.07) is 9.52. The number of H-pyrrole nitrogens is 1. The molecule has 2 nitrogen and oxygen atoms in total. The molecule has 0 spiro atoms. The van der Waals surface area contributed by atoms with Gasteiger partial charge in [0.1, 0.15) is 0 Å². The van der Waals surface area contributed by atoms with Gasteiger partial charge in [0.25, 0.3) is 0 Å². The second kappa shape index (κ2) is 6.02. The maximum absolute atomic E-state index is 3.76. The third-order valence-corrected chi connectivity index (χ3v) is 5.36. The average Bonchev–Trinajstić information content (AvgIpc) is 2.93. The van der Waals surface area contributed by atoms with Gasteiger partial charge in [-0.25, -0.2) is 0 Å². The molecule has 0 radical (unpaired) electrons. The number of thioether (sulfide) groups is 1. The zero-order valence-electron chi connectivity index (χ0n) is 11.5. The Balaban J connectivity index is 1.64. The lowest BCUT2D eigenvalue weighted by Gasteiger charge is -2.31. The van der Waals surface area contributed by atoms with Crippen molar-refractivity contribution in [2.75, 3.05) is 6.26 Å². The first-order chi connectivity index (χ1) is 9.36. The Morgan fingerprint density at radius 2 is 2.16 bits per heavy atom. The van der Waals surface area contributed by atoms with E-state index in [1.165, 1.54) is 42.1 Å². The molecule has 2 atom stereocenters. The highest BCUT2D eigenvalue weighted by Crippen LogP contribution is 2.27. The van der Waals surface area contributed by atoms with E-state index in [1.54, 1.807) is 0 Å². The summed E-state index contributed by atoms with van der Waals surface area (Å²) in [7, 11) is 0. The van der Waals surface area contributed by atoms with Gasteiger partial charge < -0.3 is 10.3 Å². The van der Waals surface area contributed by atoms with Gasteiger partial charge in [0.15, 0.2) is 0 Å². The number of nitrogens with one attached hydrogen (secondary N) is 2. The van der Waals surface area contributed by atoms with Crippen LogP contribution in [0.15, 0.2) is 30.5 Å². The molecular formula is C16H22N2S. The van der Waals surface area contributed by atoms with Gasteiger partial charge in [0, 0.05) is 29.6 Å². The van der Waals surface area contributed by atoms with Gasteiger partial charge >= 0.3 is 0 Å². The quantitative estimate of drug-likeness (QED) is 0.884. The molecule has 19 heavy (non-hydrogen) atoms. The summed E-state index contributed by atoms with van der Waals surface area (Å²) in [5, 5.41) is 5.87. The highest BCUT2D eigenvalue weighted by molar-refractivity contribution is 7.99. The van der Waals surface area contributed by atoms with E-state index in [2.05, 4.69) is 40.8 Å². The average molecular weight is 274 g/mol. The van der Waals surface area contributed by atoms with Crippen molar-refractivity contribution in [2.24, 2.45) is 0 Å². The van der Waals surface area contributed by atoms with Crippen molar-refractivity contribution in [2.45, 2.75) is 43.5 Å². The highest BCUT2D eigenvalue weighted by atomic mass is 32.2. The van der Waals surface area contributed by atoms with E-state index in [0.29, 0.717) is 6.04 Å². The first-order valence-corrected chi connectivity index (χ1v) is 8.48. The Bertz CT molecular complexity index is 534. The largest absolute Gasteiger partial charge is 0.361 e. The van der Waals surface area contributed by atoms with Crippen LogP contribution in [0.3, 0.4) is 0 Å². The predicted octanol–water partition coefficient (Wildman–Crippen LogP) is 3.93. The highest BCUT2D eigenvalue weighted by Gasteiger charge is 2.23. The van der Waals surface area contributed by atoms with E-state index in [1.807, 2.05) is 18.0 Å². The SMILES string of the molecule is CSC1CCCCC1NCc1ccc2[nH]ccc2c1. The number of hydrogen-bond donors (Lipinski definition) is 2. The van der Waals surface area contributed by atoms with Crippen LogP contribution in [0, 0.1) is 0 Å². The van der Waals surface area contributed by atoms with Crippen molar-refractivity contribution >= 4 is 22.7 Å². The maximum Gasteiger partial charge on any atom is 0.0454 e. The Hall–Kier alpha value is -0.930. The first-order valence-electron chi connectivity index (χ1n) is 7.19.